The van der Waals surface area contributed by atoms with Crippen LogP contribution in [0.25, 0.3) is 0 Å². The molecule has 0 saturated carbocycles. The van der Waals surface area contributed by atoms with Crippen molar-refractivity contribution in [3.8, 4) is 5.75 Å². The fourth-order valence-corrected chi connectivity index (χ4v) is 1.63. The Morgan fingerprint density at radius 2 is 2.00 bits per heavy atom. The van der Waals surface area contributed by atoms with Crippen molar-refractivity contribution < 1.29 is 14.6 Å². The minimum atomic E-state index is -0.763. The van der Waals surface area contributed by atoms with Crippen LogP contribution in [-0.2, 0) is 16.0 Å². The highest BCUT2D eigenvalue weighted by molar-refractivity contribution is 5.82. The Hall–Kier alpha value is -2.24. The number of nitrogens with zero attached hydrogens (tertiary/aromatic N) is 1. The van der Waals surface area contributed by atoms with Crippen molar-refractivity contribution in [1.29, 1.82) is 0 Å². The number of unbranched alkanes of at least 4 members (excludes halogenated alkanes) is 1. The van der Waals surface area contributed by atoms with Crippen LogP contribution < -0.4 is 11.5 Å². The average Bonchev–Trinajstić information content (AvgIpc) is 2.40. The highest BCUT2D eigenvalue weighted by Gasteiger charge is 2.20. The van der Waals surface area contributed by atoms with Crippen LogP contribution in [0.2, 0.25) is 0 Å². The quantitative estimate of drug-likeness (QED) is 0.297. The van der Waals surface area contributed by atoms with E-state index in [4.69, 9.17) is 16.2 Å². The number of carbonyl (C=O) groups is 1. The summed E-state index contributed by atoms with van der Waals surface area (Å²) in [4.78, 5) is 15.8. The van der Waals surface area contributed by atoms with Crippen molar-refractivity contribution >= 4 is 11.9 Å². The van der Waals surface area contributed by atoms with Gasteiger partial charge < -0.3 is 21.3 Å². The largest absolute Gasteiger partial charge is 0.508 e. The van der Waals surface area contributed by atoms with Crippen LogP contribution in [0.15, 0.2) is 29.3 Å². The third-order valence-corrected chi connectivity index (χ3v) is 2.68. The number of phenolic OH excluding ortho intramolecular Hbond substituents is 1. The van der Waals surface area contributed by atoms with Crippen molar-refractivity contribution in [3.63, 3.8) is 0 Å². The van der Waals surface area contributed by atoms with E-state index in [0.717, 1.165) is 18.4 Å². The van der Waals surface area contributed by atoms with E-state index in [2.05, 4.69) is 4.99 Å². The number of carbonyl (C=O) groups excluding carboxylic acids is 1. The number of hydrogen-bond donors (Lipinski definition) is 3. The second-order valence-corrected chi connectivity index (χ2v) is 4.46. The van der Waals surface area contributed by atoms with E-state index >= 15 is 0 Å². The number of aliphatic imine (C=N–C) groups is 1. The molecule has 110 valence electrons. The predicted molar refractivity (Wildman–Crippen MR) is 77.3 cm³/mol. The first-order valence-electron chi connectivity index (χ1n) is 6.56. The molecule has 0 aliphatic rings. The Morgan fingerprint density at radius 3 is 2.55 bits per heavy atom. The number of nitrogens with two attached hydrogens (primary N) is 2. The summed E-state index contributed by atoms with van der Waals surface area (Å²) < 4.78 is 5.13. The Morgan fingerprint density at radius 1 is 1.35 bits per heavy atom. The first-order valence-corrected chi connectivity index (χ1v) is 6.56. The van der Waals surface area contributed by atoms with Crippen molar-refractivity contribution in [2.75, 3.05) is 6.61 Å². The van der Waals surface area contributed by atoms with Crippen LogP contribution in [0.5, 0.6) is 5.75 Å². The van der Waals surface area contributed by atoms with Crippen LogP contribution in [0.4, 0.5) is 0 Å². The van der Waals surface area contributed by atoms with Gasteiger partial charge in [0.2, 0.25) is 0 Å². The molecule has 0 amide bonds. The molecule has 0 fully saturated rings. The first-order chi connectivity index (χ1) is 9.52. The predicted octanol–water partition coefficient (Wildman–Crippen LogP) is 0.920. The molecule has 5 N–H and O–H groups in total. The van der Waals surface area contributed by atoms with Gasteiger partial charge in [-0.05, 0) is 24.1 Å². The van der Waals surface area contributed by atoms with Crippen LogP contribution in [0, 0.1) is 0 Å². The van der Waals surface area contributed by atoms with E-state index in [9.17, 15) is 9.90 Å². The normalized spacial score (nSPS) is 11.7. The maximum atomic E-state index is 11.9. The van der Waals surface area contributed by atoms with Gasteiger partial charge in [-0.15, -0.1) is 0 Å². The molecule has 1 aromatic carbocycles. The standard InChI is InChI=1S/C14H21N3O3/c1-2-3-8-20-13(19)12(17-14(15)16)9-10-4-6-11(18)7-5-10/h4-7,12,18H,2-3,8-9H2,1H3,(H4,15,16,17). The molecule has 0 bridgehead atoms. The molecule has 0 aliphatic heterocycles. The maximum Gasteiger partial charge on any atom is 0.331 e. The van der Waals surface area contributed by atoms with Gasteiger partial charge in [0.05, 0.1) is 6.61 Å². The van der Waals surface area contributed by atoms with Crippen LogP contribution in [0.1, 0.15) is 25.3 Å². The summed E-state index contributed by atoms with van der Waals surface area (Å²) in [5, 5.41) is 9.23. The third kappa shape index (κ3) is 5.60. The topological polar surface area (TPSA) is 111 Å². The molecule has 6 heteroatoms. The molecular weight excluding hydrogens is 258 g/mol. The zero-order valence-electron chi connectivity index (χ0n) is 11.6. The summed E-state index contributed by atoms with van der Waals surface area (Å²) in [7, 11) is 0. The van der Waals surface area contributed by atoms with Crippen LogP contribution in [0.3, 0.4) is 0 Å². The van der Waals surface area contributed by atoms with Gasteiger partial charge in [0.25, 0.3) is 0 Å². The minimum Gasteiger partial charge on any atom is -0.508 e. The lowest BCUT2D eigenvalue weighted by atomic mass is 10.1. The van der Waals surface area contributed by atoms with Crippen LogP contribution in [-0.4, -0.2) is 29.7 Å². The molecule has 20 heavy (non-hydrogen) atoms. The number of phenols is 1. The summed E-state index contributed by atoms with van der Waals surface area (Å²) in [6.07, 6.45) is 2.07. The maximum absolute atomic E-state index is 11.9. The molecule has 6 nitrogen and oxygen atoms in total. The Kier molecular flexibility index (Phi) is 6.36. The van der Waals surface area contributed by atoms with E-state index in [0.29, 0.717) is 13.0 Å². The molecule has 0 aromatic heterocycles. The fourth-order valence-electron chi connectivity index (χ4n) is 1.63. The Labute approximate surface area is 118 Å². The second kappa shape index (κ2) is 8.04. The molecule has 0 spiro atoms. The number of guanidine groups is 1. The van der Waals surface area contributed by atoms with E-state index in [-0.39, 0.29) is 11.7 Å². The molecule has 1 atom stereocenters. The van der Waals surface area contributed by atoms with Gasteiger partial charge in [0, 0.05) is 6.42 Å². The van der Waals surface area contributed by atoms with Gasteiger partial charge in [-0.2, -0.15) is 0 Å². The minimum absolute atomic E-state index is 0.152. The van der Waals surface area contributed by atoms with E-state index in [1.54, 1.807) is 24.3 Å². The fraction of sp³-hybridized carbons (Fsp3) is 0.429. The van der Waals surface area contributed by atoms with Gasteiger partial charge in [0.1, 0.15) is 5.75 Å². The summed E-state index contributed by atoms with van der Waals surface area (Å²) >= 11 is 0. The van der Waals surface area contributed by atoms with Crippen molar-refractivity contribution in [2.45, 2.75) is 32.2 Å². The van der Waals surface area contributed by atoms with Gasteiger partial charge in [0.15, 0.2) is 12.0 Å². The van der Waals surface area contributed by atoms with Crippen molar-refractivity contribution in [3.05, 3.63) is 29.8 Å². The SMILES string of the molecule is CCCCOC(=O)C(Cc1ccc(O)cc1)N=C(N)N. The van der Waals surface area contributed by atoms with Crippen molar-refractivity contribution in [2.24, 2.45) is 16.5 Å². The van der Waals surface area contributed by atoms with E-state index in [1.165, 1.54) is 0 Å². The number of aromatic hydroxyl groups is 1. The molecule has 1 rings (SSSR count). The average molecular weight is 279 g/mol. The third-order valence-electron chi connectivity index (χ3n) is 2.68. The van der Waals surface area contributed by atoms with Gasteiger partial charge in [-0.1, -0.05) is 25.5 Å². The first kappa shape index (κ1) is 15.8. The number of benzene rings is 1. The highest BCUT2D eigenvalue weighted by atomic mass is 16.5. The summed E-state index contributed by atoms with van der Waals surface area (Å²) in [6, 6.07) is 5.75. The smallest absolute Gasteiger partial charge is 0.331 e. The summed E-state index contributed by atoms with van der Waals surface area (Å²) in [6.45, 7) is 2.37. The zero-order chi connectivity index (χ0) is 15.0. The monoisotopic (exact) mass is 279 g/mol. The molecule has 0 radical (unpaired) electrons. The zero-order valence-corrected chi connectivity index (χ0v) is 11.6. The number of rotatable bonds is 7. The Bertz CT molecular complexity index is 453. The van der Waals surface area contributed by atoms with Gasteiger partial charge in [-0.25, -0.2) is 9.79 Å². The highest BCUT2D eigenvalue weighted by Crippen LogP contribution is 2.13. The molecular formula is C14H21N3O3. The molecule has 1 unspecified atom stereocenters. The number of ether oxygens (including phenoxy) is 1. The molecule has 0 saturated heterocycles. The van der Waals surface area contributed by atoms with Gasteiger partial charge in [-0.3, -0.25) is 0 Å². The van der Waals surface area contributed by atoms with E-state index < -0.39 is 12.0 Å². The molecule has 1 aromatic rings. The van der Waals surface area contributed by atoms with E-state index in [1.807, 2.05) is 6.92 Å². The molecule has 0 heterocycles. The summed E-state index contributed by atoms with van der Waals surface area (Å²) in [5.74, 6) is -0.432. The summed E-state index contributed by atoms with van der Waals surface area (Å²) in [5.41, 5.74) is 11.5. The lowest BCUT2D eigenvalue weighted by molar-refractivity contribution is -0.145. The number of esters is 1. The Balaban J connectivity index is 2.71. The number of hydrogen-bond acceptors (Lipinski definition) is 4. The molecule has 0 aliphatic carbocycles. The lowest BCUT2D eigenvalue weighted by Crippen LogP contribution is -2.31. The van der Waals surface area contributed by atoms with Gasteiger partial charge >= 0.3 is 5.97 Å². The van der Waals surface area contributed by atoms with Crippen LogP contribution >= 0.6 is 0 Å². The van der Waals surface area contributed by atoms with Crippen molar-refractivity contribution in [1.82, 2.24) is 0 Å². The lowest BCUT2D eigenvalue weighted by Gasteiger charge is -2.12. The second-order valence-electron chi connectivity index (χ2n) is 4.46.